The number of hydrogen-bond acceptors (Lipinski definition) is 5. The molecular weight excluding hydrogens is 389 g/mol. The Kier molecular flexibility index (Phi) is 5.69. The molecule has 1 fully saturated rings. The lowest BCUT2D eigenvalue weighted by Crippen LogP contribution is -2.46. The normalized spacial score (nSPS) is 16.2. The van der Waals surface area contributed by atoms with E-state index in [1.807, 2.05) is 0 Å². The number of aromatic nitrogens is 1. The number of nitrogens with zero attached hydrogens (tertiary/aromatic N) is 2. The number of nitrogens with one attached hydrogen (secondary N) is 1. The van der Waals surface area contributed by atoms with Gasteiger partial charge in [-0.05, 0) is 24.3 Å². The first kappa shape index (κ1) is 18.0. The molecule has 0 atom stereocenters. The predicted molar refractivity (Wildman–Crippen MR) is 96.5 cm³/mol. The lowest BCUT2D eigenvalue weighted by molar-refractivity contribution is 0.359. The molecule has 1 aliphatic heterocycles. The SMILES string of the molecule is O=S(=O)(c1cnccc1Sc1cc(Cl)cc(Cl)c1)N1CCNCC1. The van der Waals surface area contributed by atoms with Crippen LogP contribution in [0.5, 0.6) is 0 Å². The van der Waals surface area contributed by atoms with Crippen molar-refractivity contribution >= 4 is 45.0 Å². The molecule has 128 valence electrons. The predicted octanol–water partition coefficient (Wildman–Crippen LogP) is 3.13. The summed E-state index contributed by atoms with van der Waals surface area (Å²) in [6.45, 7) is 2.19. The van der Waals surface area contributed by atoms with E-state index >= 15 is 0 Å². The van der Waals surface area contributed by atoms with Gasteiger partial charge in [-0.2, -0.15) is 4.31 Å². The zero-order valence-corrected chi connectivity index (χ0v) is 15.7. The van der Waals surface area contributed by atoms with Crippen LogP contribution in [0.1, 0.15) is 0 Å². The van der Waals surface area contributed by atoms with Crippen molar-refractivity contribution in [2.24, 2.45) is 0 Å². The van der Waals surface area contributed by atoms with Gasteiger partial charge in [-0.1, -0.05) is 35.0 Å². The van der Waals surface area contributed by atoms with Gasteiger partial charge in [0.25, 0.3) is 0 Å². The van der Waals surface area contributed by atoms with Crippen LogP contribution in [0.3, 0.4) is 0 Å². The summed E-state index contributed by atoms with van der Waals surface area (Å²) in [5.74, 6) is 0. The monoisotopic (exact) mass is 403 g/mol. The van der Waals surface area contributed by atoms with Gasteiger partial charge in [0.15, 0.2) is 0 Å². The Labute approximate surface area is 155 Å². The fourth-order valence-electron chi connectivity index (χ4n) is 2.38. The highest BCUT2D eigenvalue weighted by molar-refractivity contribution is 8.00. The van der Waals surface area contributed by atoms with Gasteiger partial charge in [0.05, 0.1) is 0 Å². The van der Waals surface area contributed by atoms with E-state index in [1.165, 1.54) is 22.3 Å². The summed E-state index contributed by atoms with van der Waals surface area (Å²) < 4.78 is 27.3. The second-order valence-electron chi connectivity index (χ2n) is 5.18. The Morgan fingerprint density at radius 2 is 1.79 bits per heavy atom. The molecule has 0 radical (unpaired) electrons. The molecule has 0 spiro atoms. The highest BCUT2D eigenvalue weighted by atomic mass is 35.5. The van der Waals surface area contributed by atoms with Crippen LogP contribution in [-0.4, -0.2) is 43.9 Å². The first-order chi connectivity index (χ1) is 11.5. The molecule has 2 heterocycles. The lowest BCUT2D eigenvalue weighted by Gasteiger charge is -2.27. The first-order valence-corrected chi connectivity index (χ1v) is 10.3. The maximum Gasteiger partial charge on any atom is 0.245 e. The van der Waals surface area contributed by atoms with Crippen molar-refractivity contribution in [2.45, 2.75) is 14.7 Å². The Morgan fingerprint density at radius 1 is 1.12 bits per heavy atom. The highest BCUT2D eigenvalue weighted by Crippen LogP contribution is 2.36. The largest absolute Gasteiger partial charge is 0.314 e. The van der Waals surface area contributed by atoms with Crippen LogP contribution in [0.25, 0.3) is 0 Å². The van der Waals surface area contributed by atoms with Crippen LogP contribution < -0.4 is 5.32 Å². The van der Waals surface area contributed by atoms with Crippen LogP contribution in [0.15, 0.2) is 51.3 Å². The van der Waals surface area contributed by atoms with Gasteiger partial charge in [0.2, 0.25) is 10.0 Å². The fraction of sp³-hybridized carbons (Fsp3) is 0.267. The number of pyridine rings is 1. The highest BCUT2D eigenvalue weighted by Gasteiger charge is 2.28. The number of sulfonamides is 1. The number of benzene rings is 1. The molecule has 1 N–H and O–H groups in total. The molecule has 1 aliphatic rings. The Morgan fingerprint density at radius 3 is 2.46 bits per heavy atom. The summed E-state index contributed by atoms with van der Waals surface area (Å²) >= 11 is 13.4. The minimum absolute atomic E-state index is 0.202. The van der Waals surface area contributed by atoms with Gasteiger partial charge in [-0.25, -0.2) is 8.42 Å². The summed E-state index contributed by atoms with van der Waals surface area (Å²) in [7, 11) is -3.59. The van der Waals surface area contributed by atoms with Gasteiger partial charge in [0, 0.05) is 58.4 Å². The van der Waals surface area contributed by atoms with E-state index in [1.54, 1.807) is 30.5 Å². The summed E-state index contributed by atoms with van der Waals surface area (Å²) in [6, 6.07) is 6.83. The van der Waals surface area contributed by atoms with Gasteiger partial charge in [-0.15, -0.1) is 0 Å². The average molecular weight is 404 g/mol. The van der Waals surface area contributed by atoms with Crippen LogP contribution in [0.4, 0.5) is 0 Å². The van der Waals surface area contributed by atoms with Gasteiger partial charge in [0.1, 0.15) is 4.90 Å². The second-order valence-corrected chi connectivity index (χ2v) is 9.08. The summed E-state index contributed by atoms with van der Waals surface area (Å²) in [6.07, 6.45) is 2.97. The molecule has 1 saturated heterocycles. The maximum absolute atomic E-state index is 12.9. The molecular formula is C15H15Cl2N3O2S2. The quantitative estimate of drug-likeness (QED) is 0.849. The van der Waals surface area contributed by atoms with E-state index in [0.29, 0.717) is 41.1 Å². The molecule has 0 aliphatic carbocycles. The van der Waals surface area contributed by atoms with Crippen LogP contribution in [-0.2, 0) is 10.0 Å². The lowest BCUT2D eigenvalue weighted by atomic mass is 10.4. The molecule has 9 heteroatoms. The van der Waals surface area contributed by atoms with Crippen molar-refractivity contribution < 1.29 is 8.42 Å². The van der Waals surface area contributed by atoms with E-state index in [-0.39, 0.29) is 4.90 Å². The zero-order chi connectivity index (χ0) is 17.2. The standard InChI is InChI=1S/C15H15Cl2N3O2S2/c16-11-7-12(17)9-13(8-11)23-14-1-2-19-10-15(14)24(21,22)20-5-3-18-4-6-20/h1-2,7-10,18H,3-6H2. The van der Waals surface area contributed by atoms with Gasteiger partial charge >= 0.3 is 0 Å². The molecule has 2 aromatic rings. The Hall–Kier alpha value is -0.830. The third-order valence-corrected chi connectivity index (χ3v) is 7.04. The minimum Gasteiger partial charge on any atom is -0.314 e. The topological polar surface area (TPSA) is 62.3 Å². The van der Waals surface area contributed by atoms with E-state index in [2.05, 4.69) is 10.3 Å². The fourth-order valence-corrected chi connectivity index (χ4v) is 5.85. The Bertz CT molecular complexity index is 820. The molecule has 24 heavy (non-hydrogen) atoms. The summed E-state index contributed by atoms with van der Waals surface area (Å²) in [4.78, 5) is 5.57. The average Bonchev–Trinajstić information content (AvgIpc) is 2.55. The van der Waals surface area contributed by atoms with E-state index in [4.69, 9.17) is 23.2 Å². The molecule has 1 aromatic carbocycles. The van der Waals surface area contributed by atoms with Crippen molar-refractivity contribution in [2.75, 3.05) is 26.2 Å². The van der Waals surface area contributed by atoms with Crippen LogP contribution in [0, 0.1) is 0 Å². The molecule has 0 unspecified atom stereocenters. The van der Waals surface area contributed by atoms with Gasteiger partial charge < -0.3 is 5.32 Å². The third kappa shape index (κ3) is 4.04. The van der Waals surface area contributed by atoms with Crippen molar-refractivity contribution in [1.82, 2.24) is 14.6 Å². The van der Waals surface area contributed by atoms with E-state index < -0.39 is 10.0 Å². The third-order valence-electron chi connectivity index (χ3n) is 3.50. The maximum atomic E-state index is 12.9. The molecule has 0 saturated carbocycles. The number of piperazine rings is 1. The molecule has 0 amide bonds. The number of halogens is 2. The molecule has 3 rings (SSSR count). The molecule has 5 nitrogen and oxygen atoms in total. The van der Waals surface area contributed by atoms with Crippen molar-refractivity contribution in [3.8, 4) is 0 Å². The summed E-state index contributed by atoms with van der Waals surface area (Å²) in [5, 5.41) is 4.16. The van der Waals surface area contributed by atoms with E-state index in [9.17, 15) is 8.42 Å². The molecule has 1 aromatic heterocycles. The second kappa shape index (κ2) is 7.59. The summed E-state index contributed by atoms with van der Waals surface area (Å²) in [5.41, 5.74) is 0. The minimum atomic E-state index is -3.59. The number of rotatable bonds is 4. The molecule has 0 bridgehead atoms. The zero-order valence-electron chi connectivity index (χ0n) is 12.6. The van der Waals surface area contributed by atoms with Crippen LogP contribution in [0.2, 0.25) is 10.0 Å². The first-order valence-electron chi connectivity index (χ1n) is 7.25. The smallest absolute Gasteiger partial charge is 0.245 e. The number of hydrogen-bond donors (Lipinski definition) is 1. The van der Waals surface area contributed by atoms with Crippen molar-refractivity contribution in [3.05, 3.63) is 46.7 Å². The Balaban J connectivity index is 1.95. The van der Waals surface area contributed by atoms with Crippen molar-refractivity contribution in [1.29, 1.82) is 0 Å². The van der Waals surface area contributed by atoms with Gasteiger partial charge in [-0.3, -0.25) is 4.98 Å². The van der Waals surface area contributed by atoms with Crippen molar-refractivity contribution in [3.63, 3.8) is 0 Å². The van der Waals surface area contributed by atoms with E-state index in [0.717, 1.165) is 4.90 Å². The van der Waals surface area contributed by atoms with Crippen LogP contribution >= 0.6 is 35.0 Å².